The van der Waals surface area contributed by atoms with Crippen LogP contribution in [0.25, 0.3) is 0 Å². The molecule has 0 spiro atoms. The normalized spacial score (nSPS) is 12.4. The first kappa shape index (κ1) is 15.9. The number of hydrogen-bond acceptors (Lipinski definition) is 4. The van der Waals surface area contributed by atoms with E-state index in [9.17, 15) is 9.59 Å². The lowest BCUT2D eigenvalue weighted by Gasteiger charge is -2.23. The second kappa shape index (κ2) is 6.36. The van der Waals surface area contributed by atoms with Crippen LogP contribution in [0.5, 0.6) is 0 Å². The van der Waals surface area contributed by atoms with Crippen LogP contribution in [-0.2, 0) is 4.79 Å². The Morgan fingerprint density at radius 3 is 2.50 bits per heavy atom. The highest BCUT2D eigenvalue weighted by Gasteiger charge is 2.22. The molecule has 2 amide bonds. The average molecular weight is 278 g/mol. The number of carbonyl (C=O) groups is 2. The van der Waals surface area contributed by atoms with Crippen LogP contribution < -0.4 is 16.0 Å². The minimum absolute atomic E-state index is 0.222. The smallest absolute Gasteiger partial charge is 0.255 e. The molecule has 1 atom stereocenters. The molecule has 0 radical (unpaired) electrons. The van der Waals surface area contributed by atoms with E-state index >= 15 is 0 Å². The number of pyridine rings is 1. The van der Waals surface area contributed by atoms with Crippen molar-refractivity contribution in [1.29, 1.82) is 0 Å². The molecule has 0 fully saturated rings. The highest BCUT2D eigenvalue weighted by Crippen LogP contribution is 2.12. The summed E-state index contributed by atoms with van der Waals surface area (Å²) < 4.78 is 0. The van der Waals surface area contributed by atoms with Gasteiger partial charge in [0, 0.05) is 30.7 Å². The van der Waals surface area contributed by atoms with E-state index in [0.29, 0.717) is 11.3 Å². The van der Waals surface area contributed by atoms with Crippen molar-refractivity contribution < 1.29 is 9.59 Å². The summed E-state index contributed by atoms with van der Waals surface area (Å²) in [7, 11) is 1.72. The molecule has 0 aliphatic rings. The van der Waals surface area contributed by atoms with Gasteiger partial charge in [0.05, 0.1) is 5.56 Å². The number of aromatic nitrogens is 1. The average Bonchev–Trinajstić information content (AvgIpc) is 2.36. The number of nitrogens with one attached hydrogen (secondary N) is 3. The maximum Gasteiger partial charge on any atom is 0.255 e. The summed E-state index contributed by atoms with van der Waals surface area (Å²) in [6, 6.07) is 1.08. The fourth-order valence-corrected chi connectivity index (χ4v) is 1.61. The van der Waals surface area contributed by atoms with Gasteiger partial charge in [0.25, 0.3) is 5.91 Å². The lowest BCUT2D eigenvalue weighted by molar-refractivity contribution is -0.124. The van der Waals surface area contributed by atoms with E-state index in [2.05, 4.69) is 20.9 Å². The van der Waals surface area contributed by atoms with Gasteiger partial charge in [-0.3, -0.25) is 14.6 Å². The lowest BCUT2D eigenvalue weighted by atomic mass is 10.1. The molecule has 0 aliphatic carbocycles. The highest BCUT2D eigenvalue weighted by atomic mass is 16.2. The van der Waals surface area contributed by atoms with E-state index < -0.39 is 6.04 Å². The molecule has 0 aromatic carbocycles. The number of carbonyl (C=O) groups excluding carboxylic acids is 2. The third kappa shape index (κ3) is 4.53. The fraction of sp³-hybridized carbons (Fsp3) is 0.500. The molecule has 110 valence electrons. The first-order valence-corrected chi connectivity index (χ1v) is 6.49. The van der Waals surface area contributed by atoms with Gasteiger partial charge in [0.15, 0.2) is 0 Å². The van der Waals surface area contributed by atoms with Gasteiger partial charge in [-0.25, -0.2) is 0 Å². The Kier molecular flexibility index (Phi) is 5.07. The van der Waals surface area contributed by atoms with Crippen LogP contribution in [-0.4, -0.2) is 35.4 Å². The molecule has 6 heteroatoms. The molecule has 6 nitrogen and oxygen atoms in total. The van der Waals surface area contributed by atoms with Gasteiger partial charge >= 0.3 is 0 Å². The van der Waals surface area contributed by atoms with Crippen molar-refractivity contribution in [2.75, 3.05) is 12.4 Å². The first-order chi connectivity index (χ1) is 9.24. The number of rotatable bonds is 4. The monoisotopic (exact) mass is 278 g/mol. The zero-order valence-electron chi connectivity index (χ0n) is 12.6. The zero-order chi connectivity index (χ0) is 15.3. The van der Waals surface area contributed by atoms with Crippen LogP contribution in [0, 0.1) is 0 Å². The summed E-state index contributed by atoms with van der Waals surface area (Å²) in [5.41, 5.74) is 0.742. The molecule has 0 bridgehead atoms. The molecule has 1 aromatic heterocycles. The third-order valence-corrected chi connectivity index (χ3v) is 2.57. The van der Waals surface area contributed by atoms with Crippen molar-refractivity contribution in [3.63, 3.8) is 0 Å². The van der Waals surface area contributed by atoms with Crippen molar-refractivity contribution in [3.8, 4) is 0 Å². The van der Waals surface area contributed by atoms with Gasteiger partial charge in [-0.15, -0.1) is 0 Å². The quantitative estimate of drug-likeness (QED) is 0.771. The number of anilines is 1. The summed E-state index contributed by atoms with van der Waals surface area (Å²) in [5, 5.41) is 8.40. The summed E-state index contributed by atoms with van der Waals surface area (Å²) >= 11 is 0. The zero-order valence-corrected chi connectivity index (χ0v) is 12.6. The van der Waals surface area contributed by atoms with Crippen LogP contribution in [0.3, 0.4) is 0 Å². The third-order valence-electron chi connectivity index (χ3n) is 2.57. The highest BCUT2D eigenvalue weighted by molar-refractivity contribution is 6.01. The van der Waals surface area contributed by atoms with Gasteiger partial charge in [0.1, 0.15) is 6.04 Å². The maximum absolute atomic E-state index is 12.1. The SMILES string of the molecule is CNc1ccncc1C(=O)NC(C)C(=O)NC(C)(C)C. The van der Waals surface area contributed by atoms with Crippen LogP contribution in [0.15, 0.2) is 18.5 Å². The summed E-state index contributed by atoms with van der Waals surface area (Å²) in [6.07, 6.45) is 3.06. The van der Waals surface area contributed by atoms with E-state index in [1.54, 1.807) is 26.2 Å². The Hall–Kier alpha value is -2.11. The van der Waals surface area contributed by atoms with Crippen LogP contribution in [0.1, 0.15) is 38.1 Å². The Labute approximate surface area is 119 Å². The molecule has 3 N–H and O–H groups in total. The van der Waals surface area contributed by atoms with E-state index in [-0.39, 0.29) is 17.4 Å². The molecule has 0 saturated heterocycles. The van der Waals surface area contributed by atoms with E-state index in [4.69, 9.17) is 0 Å². The Morgan fingerprint density at radius 1 is 1.30 bits per heavy atom. The van der Waals surface area contributed by atoms with Crippen LogP contribution in [0.4, 0.5) is 5.69 Å². The summed E-state index contributed by atoms with van der Waals surface area (Å²) in [6.45, 7) is 7.31. The topological polar surface area (TPSA) is 83.1 Å². The van der Waals surface area contributed by atoms with E-state index in [1.165, 1.54) is 6.20 Å². The van der Waals surface area contributed by atoms with Gasteiger partial charge in [-0.2, -0.15) is 0 Å². The predicted molar refractivity (Wildman–Crippen MR) is 78.6 cm³/mol. The molecule has 0 saturated carbocycles. The fourth-order valence-electron chi connectivity index (χ4n) is 1.61. The van der Waals surface area contributed by atoms with Crippen LogP contribution >= 0.6 is 0 Å². The van der Waals surface area contributed by atoms with Gasteiger partial charge < -0.3 is 16.0 Å². The van der Waals surface area contributed by atoms with Gasteiger partial charge in [-0.1, -0.05) is 0 Å². The van der Waals surface area contributed by atoms with Crippen molar-refractivity contribution in [3.05, 3.63) is 24.0 Å². The van der Waals surface area contributed by atoms with Crippen LogP contribution in [0.2, 0.25) is 0 Å². The van der Waals surface area contributed by atoms with E-state index in [1.807, 2.05) is 20.8 Å². The molecular formula is C14H22N4O2. The number of nitrogens with zero attached hydrogens (tertiary/aromatic N) is 1. The van der Waals surface area contributed by atoms with Gasteiger partial charge in [0.2, 0.25) is 5.91 Å². The Balaban J connectivity index is 2.73. The van der Waals surface area contributed by atoms with E-state index in [0.717, 1.165) is 0 Å². The molecule has 1 rings (SSSR count). The summed E-state index contributed by atoms with van der Waals surface area (Å²) in [5.74, 6) is -0.556. The minimum Gasteiger partial charge on any atom is -0.387 e. The Morgan fingerprint density at radius 2 is 1.95 bits per heavy atom. The maximum atomic E-state index is 12.1. The predicted octanol–water partition coefficient (Wildman–Crippen LogP) is 1.16. The molecule has 1 aromatic rings. The largest absolute Gasteiger partial charge is 0.387 e. The number of hydrogen-bond donors (Lipinski definition) is 3. The van der Waals surface area contributed by atoms with Crippen molar-refractivity contribution in [2.24, 2.45) is 0 Å². The molecule has 20 heavy (non-hydrogen) atoms. The van der Waals surface area contributed by atoms with Crippen molar-refractivity contribution in [2.45, 2.75) is 39.3 Å². The molecule has 1 unspecified atom stereocenters. The molecule has 1 heterocycles. The lowest BCUT2D eigenvalue weighted by Crippen LogP contribution is -2.50. The standard InChI is InChI=1S/C14H22N4O2/c1-9(12(19)18-14(2,3)4)17-13(20)10-8-16-7-6-11(10)15-5/h6-9H,1-5H3,(H,15,16)(H,17,20)(H,18,19). The summed E-state index contributed by atoms with van der Waals surface area (Å²) in [4.78, 5) is 28.0. The number of amides is 2. The second-order valence-corrected chi connectivity index (χ2v) is 5.61. The van der Waals surface area contributed by atoms with Gasteiger partial charge in [-0.05, 0) is 33.8 Å². The van der Waals surface area contributed by atoms with Crippen molar-refractivity contribution >= 4 is 17.5 Å². The Bertz CT molecular complexity index is 494. The minimum atomic E-state index is -0.619. The van der Waals surface area contributed by atoms with Crippen molar-refractivity contribution in [1.82, 2.24) is 15.6 Å². The molecular weight excluding hydrogens is 256 g/mol. The first-order valence-electron chi connectivity index (χ1n) is 6.49. The molecule has 0 aliphatic heterocycles. The second-order valence-electron chi connectivity index (χ2n) is 5.61.